The summed E-state index contributed by atoms with van der Waals surface area (Å²) in [6.07, 6.45) is 0. The third-order valence-electron chi connectivity index (χ3n) is 2.75. The van der Waals surface area contributed by atoms with Gasteiger partial charge in [-0.15, -0.1) is 0 Å². The molecule has 0 amide bonds. The van der Waals surface area contributed by atoms with Crippen molar-refractivity contribution in [1.29, 1.82) is 5.26 Å². The summed E-state index contributed by atoms with van der Waals surface area (Å²) >= 11 is 0. The molecule has 3 heteroatoms. The highest BCUT2D eigenvalue weighted by molar-refractivity contribution is 5.90. The standard InChI is InChI=1S/C16H13NO2/c1-2-19-16(18)13-9-7-12(8-10-13)15-6-4-3-5-14(15)11-17/h3-10H,2H2,1H3. The molecule has 0 aliphatic heterocycles. The predicted molar refractivity (Wildman–Crippen MR) is 72.5 cm³/mol. The lowest BCUT2D eigenvalue weighted by Gasteiger charge is -2.05. The average molecular weight is 251 g/mol. The summed E-state index contributed by atoms with van der Waals surface area (Å²) < 4.78 is 4.93. The summed E-state index contributed by atoms with van der Waals surface area (Å²) in [4.78, 5) is 11.5. The Morgan fingerprint density at radius 1 is 1.16 bits per heavy atom. The van der Waals surface area contributed by atoms with Crippen molar-refractivity contribution >= 4 is 5.97 Å². The summed E-state index contributed by atoms with van der Waals surface area (Å²) in [7, 11) is 0. The number of hydrogen-bond acceptors (Lipinski definition) is 3. The van der Waals surface area contributed by atoms with Gasteiger partial charge in [-0.3, -0.25) is 0 Å². The molecule has 3 nitrogen and oxygen atoms in total. The van der Waals surface area contributed by atoms with Crippen LogP contribution >= 0.6 is 0 Å². The van der Waals surface area contributed by atoms with Crippen LogP contribution in [0.3, 0.4) is 0 Å². The van der Waals surface area contributed by atoms with Crippen molar-refractivity contribution in [3.05, 3.63) is 59.7 Å². The van der Waals surface area contributed by atoms with Gasteiger partial charge in [0, 0.05) is 0 Å². The van der Waals surface area contributed by atoms with Crippen LogP contribution in [0.1, 0.15) is 22.8 Å². The molecule has 94 valence electrons. The number of esters is 1. The molecule has 19 heavy (non-hydrogen) atoms. The van der Waals surface area contributed by atoms with E-state index in [0.29, 0.717) is 17.7 Å². The van der Waals surface area contributed by atoms with Crippen molar-refractivity contribution in [3.8, 4) is 17.2 Å². The fourth-order valence-corrected chi connectivity index (χ4v) is 1.83. The van der Waals surface area contributed by atoms with Gasteiger partial charge in [0.25, 0.3) is 0 Å². The first-order chi connectivity index (χ1) is 9.26. The third-order valence-corrected chi connectivity index (χ3v) is 2.75. The Labute approximate surface area is 112 Å². The molecule has 0 aromatic heterocycles. The molecule has 2 rings (SSSR count). The first-order valence-corrected chi connectivity index (χ1v) is 6.03. The van der Waals surface area contributed by atoms with Gasteiger partial charge >= 0.3 is 5.97 Å². The SMILES string of the molecule is CCOC(=O)c1ccc(-c2ccccc2C#N)cc1. The summed E-state index contributed by atoms with van der Waals surface area (Å²) in [5.41, 5.74) is 2.90. The highest BCUT2D eigenvalue weighted by Gasteiger charge is 2.08. The number of nitriles is 1. The number of rotatable bonds is 3. The number of benzene rings is 2. The van der Waals surface area contributed by atoms with Crippen LogP contribution in [-0.4, -0.2) is 12.6 Å². The van der Waals surface area contributed by atoms with Gasteiger partial charge in [0.05, 0.1) is 23.8 Å². The second kappa shape index (κ2) is 5.83. The predicted octanol–water partition coefficient (Wildman–Crippen LogP) is 3.40. The molecule has 2 aromatic rings. The summed E-state index contributed by atoms with van der Waals surface area (Å²) in [5, 5.41) is 9.07. The van der Waals surface area contributed by atoms with Crippen LogP contribution in [0.5, 0.6) is 0 Å². The maximum absolute atomic E-state index is 11.5. The Bertz CT molecular complexity index is 624. The summed E-state index contributed by atoms with van der Waals surface area (Å²) in [5.74, 6) is -0.331. The van der Waals surface area contributed by atoms with E-state index in [9.17, 15) is 4.79 Å². The van der Waals surface area contributed by atoms with E-state index in [1.165, 1.54) is 0 Å². The maximum atomic E-state index is 11.5. The fraction of sp³-hybridized carbons (Fsp3) is 0.125. The molecule has 0 bridgehead atoms. The van der Waals surface area contributed by atoms with E-state index in [4.69, 9.17) is 10.00 Å². The lowest BCUT2D eigenvalue weighted by molar-refractivity contribution is 0.0526. The number of carbonyl (C=O) groups excluding carboxylic acids is 1. The van der Waals surface area contributed by atoms with Crippen LogP contribution in [-0.2, 0) is 4.74 Å². The number of carbonyl (C=O) groups is 1. The molecule has 0 N–H and O–H groups in total. The molecule has 0 aliphatic carbocycles. The molecule has 0 radical (unpaired) electrons. The van der Waals surface area contributed by atoms with E-state index < -0.39 is 0 Å². The van der Waals surface area contributed by atoms with Crippen LogP contribution in [0.4, 0.5) is 0 Å². The monoisotopic (exact) mass is 251 g/mol. The van der Waals surface area contributed by atoms with Crippen LogP contribution in [0.2, 0.25) is 0 Å². The third kappa shape index (κ3) is 2.80. The molecule has 0 fully saturated rings. The van der Waals surface area contributed by atoms with E-state index in [-0.39, 0.29) is 5.97 Å². The summed E-state index contributed by atoms with van der Waals surface area (Å²) in [6.45, 7) is 2.13. The van der Waals surface area contributed by atoms with Crippen molar-refractivity contribution in [2.45, 2.75) is 6.92 Å². The number of nitrogens with zero attached hydrogens (tertiary/aromatic N) is 1. The quantitative estimate of drug-likeness (QED) is 0.785. The Hall–Kier alpha value is -2.60. The molecule has 0 aliphatic rings. The molecule has 2 aromatic carbocycles. The lowest BCUT2D eigenvalue weighted by Crippen LogP contribution is -2.04. The Morgan fingerprint density at radius 3 is 2.47 bits per heavy atom. The van der Waals surface area contributed by atoms with Crippen LogP contribution in [0.25, 0.3) is 11.1 Å². The normalized spacial score (nSPS) is 9.68. The second-order valence-corrected chi connectivity index (χ2v) is 3.96. The average Bonchev–Trinajstić information content (AvgIpc) is 2.47. The maximum Gasteiger partial charge on any atom is 0.338 e. The van der Waals surface area contributed by atoms with Gasteiger partial charge in [0.2, 0.25) is 0 Å². The molecule has 0 saturated carbocycles. The Balaban J connectivity index is 2.33. The van der Waals surface area contributed by atoms with Crippen molar-refractivity contribution in [2.24, 2.45) is 0 Å². The molecule has 0 heterocycles. The van der Waals surface area contributed by atoms with E-state index in [1.54, 1.807) is 25.1 Å². The fourth-order valence-electron chi connectivity index (χ4n) is 1.83. The molecule has 0 spiro atoms. The van der Waals surface area contributed by atoms with E-state index in [2.05, 4.69) is 6.07 Å². The Morgan fingerprint density at radius 2 is 1.84 bits per heavy atom. The van der Waals surface area contributed by atoms with Gasteiger partial charge < -0.3 is 4.74 Å². The second-order valence-electron chi connectivity index (χ2n) is 3.96. The van der Waals surface area contributed by atoms with Crippen molar-refractivity contribution in [2.75, 3.05) is 6.61 Å². The highest BCUT2D eigenvalue weighted by Crippen LogP contribution is 2.23. The minimum atomic E-state index is -0.331. The number of ether oxygens (including phenoxy) is 1. The molecular formula is C16H13NO2. The van der Waals surface area contributed by atoms with Crippen molar-refractivity contribution < 1.29 is 9.53 Å². The van der Waals surface area contributed by atoms with Crippen LogP contribution in [0.15, 0.2) is 48.5 Å². The van der Waals surface area contributed by atoms with E-state index in [0.717, 1.165) is 11.1 Å². The molecule has 0 atom stereocenters. The van der Waals surface area contributed by atoms with Crippen molar-refractivity contribution in [3.63, 3.8) is 0 Å². The largest absolute Gasteiger partial charge is 0.462 e. The first kappa shape index (κ1) is 12.8. The number of hydrogen-bond donors (Lipinski definition) is 0. The lowest BCUT2D eigenvalue weighted by atomic mass is 9.99. The zero-order chi connectivity index (χ0) is 13.7. The minimum Gasteiger partial charge on any atom is -0.462 e. The summed E-state index contributed by atoms with van der Waals surface area (Å²) in [6, 6.07) is 16.6. The molecule has 0 unspecified atom stereocenters. The van der Waals surface area contributed by atoms with Crippen molar-refractivity contribution in [1.82, 2.24) is 0 Å². The van der Waals surface area contributed by atoms with Crippen LogP contribution in [0, 0.1) is 11.3 Å². The van der Waals surface area contributed by atoms with Gasteiger partial charge in [-0.1, -0.05) is 30.3 Å². The van der Waals surface area contributed by atoms with Gasteiger partial charge in [-0.05, 0) is 36.2 Å². The zero-order valence-corrected chi connectivity index (χ0v) is 10.6. The minimum absolute atomic E-state index is 0.331. The topological polar surface area (TPSA) is 50.1 Å². The van der Waals surface area contributed by atoms with E-state index >= 15 is 0 Å². The molecular weight excluding hydrogens is 238 g/mol. The smallest absolute Gasteiger partial charge is 0.338 e. The van der Waals surface area contributed by atoms with Crippen LogP contribution < -0.4 is 0 Å². The van der Waals surface area contributed by atoms with E-state index in [1.807, 2.05) is 30.3 Å². The van der Waals surface area contributed by atoms with Gasteiger partial charge in [0.15, 0.2) is 0 Å². The Kier molecular flexibility index (Phi) is 3.94. The molecule has 0 saturated heterocycles. The highest BCUT2D eigenvalue weighted by atomic mass is 16.5. The van der Waals surface area contributed by atoms with Gasteiger partial charge in [0.1, 0.15) is 0 Å². The first-order valence-electron chi connectivity index (χ1n) is 6.03. The van der Waals surface area contributed by atoms with Gasteiger partial charge in [-0.2, -0.15) is 5.26 Å². The zero-order valence-electron chi connectivity index (χ0n) is 10.6. The van der Waals surface area contributed by atoms with Gasteiger partial charge in [-0.25, -0.2) is 4.79 Å².